The molecule has 0 fully saturated rings. The second-order valence-electron chi connectivity index (χ2n) is 3.74. The normalized spacial score (nSPS) is 12.5. The number of halogens is 1. The molecule has 0 saturated carbocycles. The summed E-state index contributed by atoms with van der Waals surface area (Å²) in [6.45, 7) is 2.14. The zero-order chi connectivity index (χ0) is 12.0. The molecule has 1 rings (SSSR count). The maximum atomic E-state index is 5.79. The van der Waals surface area contributed by atoms with Gasteiger partial charge in [-0.05, 0) is 37.1 Å². The van der Waals surface area contributed by atoms with E-state index in [0.717, 1.165) is 18.6 Å². The maximum absolute atomic E-state index is 5.79. The minimum atomic E-state index is 0.328. The standard InChI is InChI=1S/C13H20ClNO/c1-4-10-9-11(5-6-13(10)16-3)12(15-2)7-8-14/h5-6,9,12,15H,4,7-8H2,1-3H3. The number of methoxy groups -OCH3 is 1. The van der Waals surface area contributed by atoms with E-state index in [1.165, 1.54) is 11.1 Å². The minimum absolute atomic E-state index is 0.328. The molecule has 0 aliphatic carbocycles. The topological polar surface area (TPSA) is 21.3 Å². The quantitative estimate of drug-likeness (QED) is 0.773. The summed E-state index contributed by atoms with van der Waals surface area (Å²) >= 11 is 5.79. The van der Waals surface area contributed by atoms with Crippen LogP contribution in [-0.4, -0.2) is 20.0 Å². The van der Waals surface area contributed by atoms with Crippen molar-refractivity contribution in [1.82, 2.24) is 5.32 Å². The molecule has 0 aromatic heterocycles. The second-order valence-corrected chi connectivity index (χ2v) is 4.12. The van der Waals surface area contributed by atoms with Crippen molar-refractivity contribution >= 4 is 11.6 Å². The lowest BCUT2D eigenvalue weighted by Crippen LogP contribution is -2.17. The number of aryl methyl sites for hydroxylation is 1. The van der Waals surface area contributed by atoms with E-state index in [0.29, 0.717) is 11.9 Å². The molecule has 0 saturated heterocycles. The number of rotatable bonds is 6. The highest BCUT2D eigenvalue weighted by atomic mass is 35.5. The molecule has 1 atom stereocenters. The first-order valence-corrected chi connectivity index (χ1v) is 6.20. The molecular formula is C13H20ClNO. The first-order valence-electron chi connectivity index (χ1n) is 5.66. The van der Waals surface area contributed by atoms with Crippen molar-refractivity contribution in [3.05, 3.63) is 29.3 Å². The third-order valence-corrected chi connectivity index (χ3v) is 3.05. The van der Waals surface area contributed by atoms with E-state index in [2.05, 4.69) is 24.4 Å². The van der Waals surface area contributed by atoms with Gasteiger partial charge < -0.3 is 10.1 Å². The number of nitrogens with one attached hydrogen (secondary N) is 1. The van der Waals surface area contributed by atoms with E-state index in [1.807, 2.05) is 13.1 Å². The van der Waals surface area contributed by atoms with Crippen LogP contribution >= 0.6 is 11.6 Å². The molecule has 0 bridgehead atoms. The number of hydrogen-bond acceptors (Lipinski definition) is 2. The summed E-state index contributed by atoms with van der Waals surface area (Å²) in [5, 5.41) is 3.28. The Labute approximate surface area is 103 Å². The monoisotopic (exact) mass is 241 g/mol. The van der Waals surface area contributed by atoms with Crippen LogP contribution in [0.1, 0.15) is 30.5 Å². The molecule has 0 aliphatic heterocycles. The minimum Gasteiger partial charge on any atom is -0.496 e. The van der Waals surface area contributed by atoms with Crippen LogP contribution in [0.15, 0.2) is 18.2 Å². The molecule has 0 spiro atoms. The largest absolute Gasteiger partial charge is 0.496 e. The molecule has 2 nitrogen and oxygen atoms in total. The van der Waals surface area contributed by atoms with E-state index in [4.69, 9.17) is 16.3 Å². The molecule has 1 unspecified atom stereocenters. The average molecular weight is 242 g/mol. The highest BCUT2D eigenvalue weighted by Crippen LogP contribution is 2.25. The summed E-state index contributed by atoms with van der Waals surface area (Å²) in [4.78, 5) is 0. The molecule has 0 radical (unpaired) electrons. The van der Waals surface area contributed by atoms with Gasteiger partial charge in [0, 0.05) is 11.9 Å². The fourth-order valence-electron chi connectivity index (χ4n) is 1.88. The van der Waals surface area contributed by atoms with Crippen molar-refractivity contribution in [1.29, 1.82) is 0 Å². The summed E-state index contributed by atoms with van der Waals surface area (Å²) in [6.07, 6.45) is 1.92. The Balaban J connectivity index is 2.96. The lowest BCUT2D eigenvalue weighted by atomic mass is 10.0. The van der Waals surface area contributed by atoms with Crippen molar-refractivity contribution in [3.63, 3.8) is 0 Å². The third kappa shape index (κ3) is 3.13. The lowest BCUT2D eigenvalue weighted by Gasteiger charge is -2.17. The fraction of sp³-hybridized carbons (Fsp3) is 0.538. The predicted molar refractivity (Wildman–Crippen MR) is 69.5 cm³/mol. The zero-order valence-electron chi connectivity index (χ0n) is 10.2. The molecule has 1 N–H and O–H groups in total. The summed E-state index contributed by atoms with van der Waals surface area (Å²) in [6, 6.07) is 6.67. The molecule has 1 aromatic rings. The van der Waals surface area contributed by atoms with Gasteiger partial charge in [-0.1, -0.05) is 19.1 Å². The molecular weight excluding hydrogens is 222 g/mol. The molecule has 0 heterocycles. The van der Waals surface area contributed by atoms with Gasteiger partial charge in [0.05, 0.1) is 7.11 Å². The van der Waals surface area contributed by atoms with Gasteiger partial charge in [0.1, 0.15) is 5.75 Å². The van der Waals surface area contributed by atoms with Gasteiger partial charge in [0.2, 0.25) is 0 Å². The highest BCUT2D eigenvalue weighted by Gasteiger charge is 2.10. The predicted octanol–water partition coefficient (Wildman–Crippen LogP) is 3.15. The van der Waals surface area contributed by atoms with Crippen LogP contribution in [0.4, 0.5) is 0 Å². The van der Waals surface area contributed by atoms with E-state index in [-0.39, 0.29) is 0 Å². The Morgan fingerprint density at radius 1 is 1.44 bits per heavy atom. The summed E-state index contributed by atoms with van der Waals surface area (Å²) < 4.78 is 5.32. The van der Waals surface area contributed by atoms with Crippen molar-refractivity contribution in [2.24, 2.45) is 0 Å². The van der Waals surface area contributed by atoms with Gasteiger partial charge in [-0.15, -0.1) is 11.6 Å². The Morgan fingerprint density at radius 3 is 2.69 bits per heavy atom. The van der Waals surface area contributed by atoms with E-state index < -0.39 is 0 Å². The smallest absolute Gasteiger partial charge is 0.122 e. The summed E-state index contributed by atoms with van der Waals surface area (Å²) in [5.74, 6) is 1.63. The summed E-state index contributed by atoms with van der Waals surface area (Å²) in [7, 11) is 3.68. The van der Waals surface area contributed by atoms with Crippen LogP contribution in [0.5, 0.6) is 5.75 Å². The zero-order valence-corrected chi connectivity index (χ0v) is 11.0. The van der Waals surface area contributed by atoms with Crippen molar-refractivity contribution in [3.8, 4) is 5.75 Å². The second kappa shape index (κ2) is 6.77. The van der Waals surface area contributed by atoms with Crippen LogP contribution < -0.4 is 10.1 Å². The third-order valence-electron chi connectivity index (χ3n) is 2.83. The first-order chi connectivity index (χ1) is 7.76. The van der Waals surface area contributed by atoms with Gasteiger partial charge in [0.25, 0.3) is 0 Å². The SMILES string of the molecule is CCc1cc(C(CCCl)NC)ccc1OC. The Bertz CT molecular complexity index is 328. The first kappa shape index (κ1) is 13.3. The van der Waals surface area contributed by atoms with Crippen molar-refractivity contribution < 1.29 is 4.74 Å². The van der Waals surface area contributed by atoms with Crippen LogP contribution in [0.3, 0.4) is 0 Å². The number of ether oxygens (including phenoxy) is 1. The molecule has 0 aliphatic rings. The van der Waals surface area contributed by atoms with Gasteiger partial charge in [0.15, 0.2) is 0 Å². The van der Waals surface area contributed by atoms with Gasteiger partial charge in [-0.2, -0.15) is 0 Å². The Hall–Kier alpha value is -0.730. The molecule has 90 valence electrons. The number of alkyl halides is 1. The van der Waals surface area contributed by atoms with Crippen LogP contribution in [0.2, 0.25) is 0 Å². The lowest BCUT2D eigenvalue weighted by molar-refractivity contribution is 0.409. The van der Waals surface area contributed by atoms with Crippen LogP contribution in [-0.2, 0) is 6.42 Å². The van der Waals surface area contributed by atoms with Crippen molar-refractivity contribution in [2.45, 2.75) is 25.8 Å². The van der Waals surface area contributed by atoms with Gasteiger partial charge in [-0.25, -0.2) is 0 Å². The average Bonchev–Trinajstić information content (AvgIpc) is 2.35. The van der Waals surface area contributed by atoms with Gasteiger partial charge >= 0.3 is 0 Å². The van der Waals surface area contributed by atoms with Crippen LogP contribution in [0, 0.1) is 0 Å². The molecule has 16 heavy (non-hydrogen) atoms. The number of hydrogen-bond donors (Lipinski definition) is 1. The highest BCUT2D eigenvalue weighted by molar-refractivity contribution is 6.17. The van der Waals surface area contributed by atoms with E-state index in [9.17, 15) is 0 Å². The van der Waals surface area contributed by atoms with E-state index in [1.54, 1.807) is 7.11 Å². The Morgan fingerprint density at radius 2 is 2.19 bits per heavy atom. The number of benzene rings is 1. The van der Waals surface area contributed by atoms with Crippen LogP contribution in [0.25, 0.3) is 0 Å². The van der Waals surface area contributed by atoms with Crippen molar-refractivity contribution in [2.75, 3.05) is 20.0 Å². The van der Waals surface area contributed by atoms with Gasteiger partial charge in [-0.3, -0.25) is 0 Å². The summed E-state index contributed by atoms with van der Waals surface area (Å²) in [5.41, 5.74) is 2.52. The fourth-order valence-corrected chi connectivity index (χ4v) is 2.10. The molecule has 3 heteroatoms. The molecule has 1 aromatic carbocycles. The maximum Gasteiger partial charge on any atom is 0.122 e. The Kier molecular flexibility index (Phi) is 5.64. The molecule has 0 amide bonds. The van der Waals surface area contributed by atoms with E-state index >= 15 is 0 Å².